The Morgan fingerprint density at radius 2 is 1.78 bits per heavy atom. The number of anilines is 1. The number of hydrogen-bond acceptors (Lipinski definition) is 8. The van der Waals surface area contributed by atoms with Gasteiger partial charge in [-0.1, -0.05) is 6.07 Å². The van der Waals surface area contributed by atoms with Gasteiger partial charge in [-0.2, -0.15) is 0 Å². The Morgan fingerprint density at radius 1 is 1.11 bits per heavy atom. The summed E-state index contributed by atoms with van der Waals surface area (Å²) in [7, 11) is -2.78. The molecule has 1 aromatic heterocycles. The molecule has 2 aliphatic heterocycles. The summed E-state index contributed by atoms with van der Waals surface area (Å²) < 4.78 is 30.2. The summed E-state index contributed by atoms with van der Waals surface area (Å²) in [5.41, 5.74) is 1.21. The summed E-state index contributed by atoms with van der Waals surface area (Å²) >= 11 is 0. The number of hydrogen-bond donors (Lipinski definition) is 1. The molecule has 0 saturated carbocycles. The molecule has 9 heteroatoms. The van der Waals surface area contributed by atoms with Crippen LogP contribution in [0.25, 0.3) is 0 Å². The van der Waals surface area contributed by atoms with Crippen LogP contribution in [0.1, 0.15) is 18.5 Å². The Hall–Kier alpha value is -2.39. The van der Waals surface area contributed by atoms with Crippen molar-refractivity contribution < 1.29 is 13.7 Å². The van der Waals surface area contributed by atoms with Gasteiger partial charge in [0.15, 0.2) is 11.5 Å². The fourth-order valence-electron chi connectivity index (χ4n) is 3.37. The van der Waals surface area contributed by atoms with Crippen LogP contribution in [-0.2, 0) is 9.73 Å². The quantitative estimate of drug-likeness (QED) is 0.856. The molecule has 1 fully saturated rings. The van der Waals surface area contributed by atoms with Crippen LogP contribution >= 0.6 is 0 Å². The minimum Gasteiger partial charge on any atom is -0.454 e. The van der Waals surface area contributed by atoms with Gasteiger partial charge >= 0.3 is 0 Å². The maximum atomic E-state index is 11.7. The average Bonchev–Trinajstić information content (AvgIpc) is 3.15. The van der Waals surface area contributed by atoms with Crippen molar-refractivity contribution in [3.8, 4) is 11.5 Å². The van der Waals surface area contributed by atoms with Gasteiger partial charge in [0.2, 0.25) is 12.7 Å². The van der Waals surface area contributed by atoms with E-state index in [-0.39, 0.29) is 12.8 Å². The molecule has 3 heterocycles. The van der Waals surface area contributed by atoms with Crippen molar-refractivity contribution in [3.05, 3.63) is 36.2 Å². The third-order valence-electron chi connectivity index (χ3n) is 5.09. The highest BCUT2D eigenvalue weighted by molar-refractivity contribution is 7.91. The molecule has 8 nitrogen and oxygen atoms in total. The molecule has 2 aliphatic rings. The molecule has 2 atom stereocenters. The molecule has 0 aliphatic carbocycles. The van der Waals surface area contributed by atoms with E-state index in [2.05, 4.69) is 38.8 Å². The van der Waals surface area contributed by atoms with Gasteiger partial charge in [0, 0.05) is 50.9 Å². The largest absolute Gasteiger partial charge is 0.454 e. The third-order valence-corrected chi connectivity index (χ3v) is 6.20. The van der Waals surface area contributed by atoms with Gasteiger partial charge in [0.05, 0.1) is 14.6 Å². The zero-order chi connectivity index (χ0) is 19.0. The van der Waals surface area contributed by atoms with Crippen LogP contribution in [0, 0.1) is 4.78 Å². The number of aromatic nitrogens is 2. The Kier molecular flexibility index (Phi) is 4.65. The number of benzene rings is 1. The second-order valence-electron chi connectivity index (χ2n) is 6.87. The van der Waals surface area contributed by atoms with Crippen molar-refractivity contribution in [1.82, 2.24) is 14.9 Å². The number of rotatable bonds is 4. The molecule has 4 rings (SSSR count). The lowest BCUT2D eigenvalue weighted by Crippen LogP contribution is -2.47. The first-order chi connectivity index (χ1) is 12.9. The van der Waals surface area contributed by atoms with Gasteiger partial charge in [-0.3, -0.25) is 4.90 Å². The summed E-state index contributed by atoms with van der Waals surface area (Å²) in [6.07, 6.45) is 4.38. The summed E-state index contributed by atoms with van der Waals surface area (Å²) in [5.74, 6) is 2.24. The first-order valence-corrected chi connectivity index (χ1v) is 10.8. The number of ether oxygens (including phenoxy) is 2. The van der Waals surface area contributed by atoms with Crippen molar-refractivity contribution in [1.29, 1.82) is 4.78 Å². The predicted octanol–water partition coefficient (Wildman–Crippen LogP) is 2.12. The summed E-state index contributed by atoms with van der Waals surface area (Å²) in [6, 6.07) is 6.40. The molecule has 1 unspecified atom stereocenters. The van der Waals surface area contributed by atoms with Crippen molar-refractivity contribution in [2.75, 3.05) is 44.1 Å². The first-order valence-electron chi connectivity index (χ1n) is 8.86. The van der Waals surface area contributed by atoms with Crippen molar-refractivity contribution in [2.24, 2.45) is 0 Å². The maximum absolute atomic E-state index is 11.7. The fraction of sp³-hybridized carbons (Fsp3) is 0.444. The van der Waals surface area contributed by atoms with Gasteiger partial charge in [0.25, 0.3) is 0 Å². The van der Waals surface area contributed by atoms with Crippen molar-refractivity contribution in [2.45, 2.75) is 17.9 Å². The van der Waals surface area contributed by atoms with E-state index >= 15 is 0 Å². The average molecular weight is 389 g/mol. The van der Waals surface area contributed by atoms with Crippen LogP contribution in [0.15, 0.2) is 35.5 Å². The summed E-state index contributed by atoms with van der Waals surface area (Å²) in [4.78, 5) is 13.5. The lowest BCUT2D eigenvalue weighted by atomic mass is 10.1. The molecule has 144 valence electrons. The van der Waals surface area contributed by atoms with Crippen LogP contribution in [0.3, 0.4) is 0 Å². The topological polar surface area (TPSA) is 91.6 Å². The predicted molar refractivity (Wildman–Crippen MR) is 102 cm³/mol. The SMILES string of the molecule is C[C@@H](c1ccc2c(c1)OCO2)N1CCN(c2ncc(S(C)(=N)=O)cn2)CC1. The number of nitrogens with one attached hydrogen (secondary N) is 1. The Labute approximate surface area is 159 Å². The molecule has 1 N–H and O–H groups in total. The van der Waals surface area contributed by atoms with Crippen molar-refractivity contribution in [3.63, 3.8) is 0 Å². The lowest BCUT2D eigenvalue weighted by molar-refractivity contribution is 0.173. The standard InChI is InChI=1S/C18H23N5O3S/c1-13(14-3-4-16-17(9-14)26-12-25-16)22-5-7-23(8-6-22)18-20-10-15(11-21-18)27(2,19)24/h3-4,9-11,13,19H,5-8,12H2,1-2H3/t13-,27?/m0/s1. The number of fused-ring (bicyclic) bond motifs is 1. The molecule has 0 bridgehead atoms. The van der Waals surface area contributed by atoms with E-state index < -0.39 is 9.73 Å². The second kappa shape index (κ2) is 6.97. The molecule has 1 aromatic carbocycles. The van der Waals surface area contributed by atoms with E-state index in [1.54, 1.807) is 0 Å². The first kappa shape index (κ1) is 18.0. The zero-order valence-electron chi connectivity index (χ0n) is 15.4. The van der Waals surface area contributed by atoms with Crippen LogP contribution in [0.4, 0.5) is 5.95 Å². The van der Waals surface area contributed by atoms with Gasteiger partial charge < -0.3 is 14.4 Å². The van der Waals surface area contributed by atoms with Gasteiger partial charge in [0.1, 0.15) is 0 Å². The van der Waals surface area contributed by atoms with Gasteiger partial charge in [-0.15, -0.1) is 0 Å². The van der Waals surface area contributed by atoms with E-state index in [0.29, 0.717) is 10.8 Å². The molecule has 0 amide bonds. The summed E-state index contributed by atoms with van der Waals surface area (Å²) in [5, 5.41) is 0. The summed E-state index contributed by atoms with van der Waals surface area (Å²) in [6.45, 7) is 5.91. The molecule has 0 spiro atoms. The van der Waals surface area contributed by atoms with Gasteiger partial charge in [-0.25, -0.2) is 19.0 Å². The monoisotopic (exact) mass is 389 g/mol. The molecule has 27 heavy (non-hydrogen) atoms. The molecular formula is C18H23N5O3S. The highest BCUT2D eigenvalue weighted by Crippen LogP contribution is 2.35. The molecule has 2 aromatic rings. The Bertz CT molecular complexity index is 925. The molecule has 0 radical (unpaired) electrons. The molecule has 1 saturated heterocycles. The van der Waals surface area contributed by atoms with E-state index in [4.69, 9.17) is 14.3 Å². The molecular weight excluding hydrogens is 366 g/mol. The van der Waals surface area contributed by atoms with Crippen LogP contribution in [0.5, 0.6) is 11.5 Å². The maximum Gasteiger partial charge on any atom is 0.231 e. The highest BCUT2D eigenvalue weighted by atomic mass is 32.2. The minimum atomic E-state index is -2.78. The second-order valence-corrected chi connectivity index (χ2v) is 9.03. The number of piperazine rings is 1. The highest BCUT2D eigenvalue weighted by Gasteiger charge is 2.25. The minimum absolute atomic E-state index is 0.276. The number of nitrogens with zero attached hydrogens (tertiary/aromatic N) is 4. The van der Waals surface area contributed by atoms with Crippen LogP contribution < -0.4 is 14.4 Å². The van der Waals surface area contributed by atoms with Crippen molar-refractivity contribution >= 4 is 15.7 Å². The normalized spacial score (nSPS) is 20.3. The van der Waals surface area contributed by atoms with E-state index in [1.807, 2.05) is 6.07 Å². The van der Waals surface area contributed by atoms with Crippen LogP contribution in [0.2, 0.25) is 0 Å². The lowest BCUT2D eigenvalue weighted by Gasteiger charge is -2.38. The van der Waals surface area contributed by atoms with E-state index in [9.17, 15) is 4.21 Å². The zero-order valence-corrected chi connectivity index (χ0v) is 16.2. The third kappa shape index (κ3) is 3.70. The Balaban J connectivity index is 1.40. The van der Waals surface area contributed by atoms with Crippen LogP contribution in [-0.4, -0.2) is 58.3 Å². The smallest absolute Gasteiger partial charge is 0.231 e. The van der Waals surface area contributed by atoms with Gasteiger partial charge in [-0.05, 0) is 24.6 Å². The van der Waals surface area contributed by atoms with E-state index in [0.717, 1.165) is 37.7 Å². The fourth-order valence-corrected chi connectivity index (χ4v) is 3.87. The van der Waals surface area contributed by atoms with E-state index in [1.165, 1.54) is 24.2 Å². The Morgan fingerprint density at radius 3 is 2.44 bits per heavy atom.